The highest BCUT2D eigenvalue weighted by molar-refractivity contribution is 5.89. The standard InChI is InChI=1S/C19H30N4O2/c1-4-23(14-16-10-11-22(3)13-16)19(25)21-17-7-5-6-15(12-17)8-9-18(24)20-2/h5-7,12,16H,4,8-11,13-14H2,1-3H3,(H,20,24)(H,21,25)/t16-/m1/s1. The smallest absolute Gasteiger partial charge is 0.321 e. The molecule has 1 heterocycles. The van der Waals surface area contributed by atoms with Gasteiger partial charge in [-0.05, 0) is 57.0 Å². The van der Waals surface area contributed by atoms with Crippen LogP contribution in [0, 0.1) is 5.92 Å². The predicted octanol–water partition coefficient (Wildman–Crippen LogP) is 2.17. The Labute approximate surface area is 150 Å². The Morgan fingerprint density at radius 2 is 2.16 bits per heavy atom. The van der Waals surface area contributed by atoms with Crippen molar-refractivity contribution in [3.8, 4) is 0 Å². The lowest BCUT2D eigenvalue weighted by Crippen LogP contribution is -2.38. The van der Waals surface area contributed by atoms with Crippen molar-refractivity contribution in [1.29, 1.82) is 0 Å². The molecule has 0 unspecified atom stereocenters. The van der Waals surface area contributed by atoms with E-state index in [4.69, 9.17) is 0 Å². The highest BCUT2D eigenvalue weighted by Crippen LogP contribution is 2.17. The number of aryl methyl sites for hydroxylation is 1. The van der Waals surface area contributed by atoms with Crippen LogP contribution in [0.5, 0.6) is 0 Å². The average Bonchev–Trinajstić information content (AvgIpc) is 3.02. The molecule has 0 saturated carbocycles. The van der Waals surface area contributed by atoms with Gasteiger partial charge in [0.25, 0.3) is 0 Å². The molecule has 0 spiro atoms. The van der Waals surface area contributed by atoms with Crippen LogP contribution in [-0.4, -0.2) is 62.0 Å². The summed E-state index contributed by atoms with van der Waals surface area (Å²) in [7, 11) is 3.76. The van der Waals surface area contributed by atoms with Crippen LogP contribution in [0.4, 0.5) is 10.5 Å². The van der Waals surface area contributed by atoms with Crippen molar-refractivity contribution < 1.29 is 9.59 Å². The van der Waals surface area contributed by atoms with Crippen molar-refractivity contribution in [2.75, 3.05) is 45.6 Å². The van der Waals surface area contributed by atoms with E-state index in [-0.39, 0.29) is 11.9 Å². The number of rotatable bonds is 7. The molecule has 2 N–H and O–H groups in total. The van der Waals surface area contributed by atoms with Gasteiger partial charge in [0.1, 0.15) is 0 Å². The van der Waals surface area contributed by atoms with Gasteiger partial charge in [0.05, 0.1) is 0 Å². The van der Waals surface area contributed by atoms with Gasteiger partial charge in [0.15, 0.2) is 0 Å². The molecule has 2 rings (SSSR count). The molecule has 1 aliphatic heterocycles. The van der Waals surface area contributed by atoms with Crippen LogP contribution in [0.3, 0.4) is 0 Å². The Balaban J connectivity index is 1.90. The normalized spacial score (nSPS) is 17.3. The average molecular weight is 346 g/mol. The molecule has 1 atom stereocenters. The number of amides is 3. The van der Waals surface area contributed by atoms with E-state index in [0.717, 1.165) is 37.3 Å². The van der Waals surface area contributed by atoms with Gasteiger partial charge in [0, 0.05) is 38.8 Å². The van der Waals surface area contributed by atoms with Gasteiger partial charge in [-0.15, -0.1) is 0 Å². The zero-order valence-corrected chi connectivity index (χ0v) is 15.5. The molecule has 0 aromatic heterocycles. The van der Waals surface area contributed by atoms with Gasteiger partial charge in [0.2, 0.25) is 5.91 Å². The highest BCUT2D eigenvalue weighted by Gasteiger charge is 2.23. The van der Waals surface area contributed by atoms with E-state index in [0.29, 0.717) is 25.3 Å². The summed E-state index contributed by atoms with van der Waals surface area (Å²) < 4.78 is 0. The number of anilines is 1. The first kappa shape index (κ1) is 19.2. The molecule has 6 heteroatoms. The van der Waals surface area contributed by atoms with E-state index in [9.17, 15) is 9.59 Å². The predicted molar refractivity (Wildman–Crippen MR) is 101 cm³/mol. The highest BCUT2D eigenvalue weighted by atomic mass is 16.2. The van der Waals surface area contributed by atoms with E-state index < -0.39 is 0 Å². The number of likely N-dealkylation sites (tertiary alicyclic amines) is 1. The molecular weight excluding hydrogens is 316 g/mol. The van der Waals surface area contributed by atoms with Crippen molar-refractivity contribution >= 4 is 17.6 Å². The number of hydrogen-bond donors (Lipinski definition) is 2. The van der Waals surface area contributed by atoms with Gasteiger partial charge < -0.3 is 20.4 Å². The zero-order chi connectivity index (χ0) is 18.2. The maximum Gasteiger partial charge on any atom is 0.321 e. The fourth-order valence-corrected chi connectivity index (χ4v) is 3.23. The molecular formula is C19H30N4O2. The molecule has 1 aromatic carbocycles. The molecule has 138 valence electrons. The summed E-state index contributed by atoms with van der Waals surface area (Å²) in [6, 6.07) is 7.67. The Morgan fingerprint density at radius 1 is 1.36 bits per heavy atom. The number of urea groups is 1. The largest absolute Gasteiger partial charge is 0.359 e. The van der Waals surface area contributed by atoms with Crippen LogP contribution in [-0.2, 0) is 11.2 Å². The first-order valence-corrected chi connectivity index (χ1v) is 9.05. The molecule has 25 heavy (non-hydrogen) atoms. The van der Waals surface area contributed by atoms with Crippen molar-refractivity contribution in [2.45, 2.75) is 26.2 Å². The van der Waals surface area contributed by atoms with Crippen LogP contribution in [0.15, 0.2) is 24.3 Å². The van der Waals surface area contributed by atoms with E-state index in [2.05, 4.69) is 22.6 Å². The van der Waals surface area contributed by atoms with Crippen molar-refractivity contribution in [3.63, 3.8) is 0 Å². The minimum absolute atomic E-state index is 0.0214. The SMILES string of the molecule is CCN(C[C@@H]1CCN(C)C1)C(=O)Nc1cccc(CCC(=O)NC)c1. The maximum absolute atomic E-state index is 12.6. The zero-order valence-electron chi connectivity index (χ0n) is 15.5. The molecule has 1 aromatic rings. The second-order valence-corrected chi connectivity index (χ2v) is 6.76. The minimum atomic E-state index is -0.0551. The Bertz CT molecular complexity index is 591. The summed E-state index contributed by atoms with van der Waals surface area (Å²) in [5.41, 5.74) is 1.82. The monoisotopic (exact) mass is 346 g/mol. The van der Waals surface area contributed by atoms with Crippen LogP contribution >= 0.6 is 0 Å². The van der Waals surface area contributed by atoms with Crippen molar-refractivity contribution in [3.05, 3.63) is 29.8 Å². The first-order chi connectivity index (χ1) is 12.0. The fourth-order valence-electron chi connectivity index (χ4n) is 3.23. The van der Waals surface area contributed by atoms with Crippen LogP contribution < -0.4 is 10.6 Å². The second-order valence-electron chi connectivity index (χ2n) is 6.76. The number of carbonyl (C=O) groups excluding carboxylic acids is 2. The third kappa shape index (κ3) is 6.05. The summed E-state index contributed by atoms with van der Waals surface area (Å²) in [5, 5.41) is 5.62. The van der Waals surface area contributed by atoms with Crippen LogP contribution in [0.1, 0.15) is 25.3 Å². The third-order valence-electron chi connectivity index (χ3n) is 4.73. The summed E-state index contributed by atoms with van der Waals surface area (Å²) in [6.45, 7) is 5.67. The van der Waals surface area contributed by atoms with E-state index >= 15 is 0 Å². The maximum atomic E-state index is 12.6. The Hall–Kier alpha value is -2.08. The quantitative estimate of drug-likeness (QED) is 0.795. The van der Waals surface area contributed by atoms with Gasteiger partial charge >= 0.3 is 6.03 Å². The number of hydrogen-bond acceptors (Lipinski definition) is 3. The molecule has 0 aliphatic carbocycles. The van der Waals surface area contributed by atoms with Gasteiger partial charge in [-0.3, -0.25) is 4.79 Å². The van der Waals surface area contributed by atoms with Crippen molar-refractivity contribution in [1.82, 2.24) is 15.1 Å². The van der Waals surface area contributed by atoms with Crippen molar-refractivity contribution in [2.24, 2.45) is 5.92 Å². The number of benzene rings is 1. The lowest BCUT2D eigenvalue weighted by molar-refractivity contribution is -0.120. The number of carbonyl (C=O) groups is 2. The number of nitrogens with zero attached hydrogens (tertiary/aromatic N) is 2. The van der Waals surface area contributed by atoms with Gasteiger partial charge in [-0.25, -0.2) is 4.79 Å². The molecule has 6 nitrogen and oxygen atoms in total. The van der Waals surface area contributed by atoms with Gasteiger partial charge in [-0.2, -0.15) is 0 Å². The molecule has 0 radical (unpaired) electrons. The molecule has 1 aliphatic rings. The minimum Gasteiger partial charge on any atom is -0.359 e. The molecule has 0 bridgehead atoms. The second kappa shape index (κ2) is 9.42. The summed E-state index contributed by atoms with van der Waals surface area (Å²) in [5.74, 6) is 0.572. The van der Waals surface area contributed by atoms with Gasteiger partial charge in [-0.1, -0.05) is 12.1 Å². The van der Waals surface area contributed by atoms with E-state index in [1.54, 1.807) is 7.05 Å². The molecule has 1 saturated heterocycles. The van der Waals surface area contributed by atoms with Crippen LogP contribution in [0.25, 0.3) is 0 Å². The molecule has 3 amide bonds. The Kier molecular flexibility index (Phi) is 7.25. The summed E-state index contributed by atoms with van der Waals surface area (Å²) >= 11 is 0. The topological polar surface area (TPSA) is 64.7 Å². The third-order valence-corrected chi connectivity index (χ3v) is 4.73. The number of nitrogens with one attached hydrogen (secondary N) is 2. The summed E-state index contributed by atoms with van der Waals surface area (Å²) in [6.07, 6.45) is 2.26. The first-order valence-electron chi connectivity index (χ1n) is 9.05. The lowest BCUT2D eigenvalue weighted by atomic mass is 10.1. The Morgan fingerprint density at radius 3 is 2.80 bits per heavy atom. The summed E-state index contributed by atoms with van der Waals surface area (Å²) in [4.78, 5) is 28.1. The van der Waals surface area contributed by atoms with E-state index in [1.165, 1.54) is 0 Å². The van der Waals surface area contributed by atoms with Crippen LogP contribution in [0.2, 0.25) is 0 Å². The molecule has 1 fully saturated rings. The van der Waals surface area contributed by atoms with E-state index in [1.807, 2.05) is 36.1 Å². The fraction of sp³-hybridized carbons (Fsp3) is 0.579. The lowest BCUT2D eigenvalue weighted by Gasteiger charge is -2.24.